The molecule has 1 rings (SSSR count). The van der Waals surface area contributed by atoms with Crippen molar-refractivity contribution in [3.05, 3.63) is 18.2 Å². The minimum absolute atomic E-state index is 0. The van der Waals surface area contributed by atoms with Gasteiger partial charge in [-0.3, -0.25) is 4.79 Å². The van der Waals surface area contributed by atoms with E-state index >= 15 is 0 Å². The van der Waals surface area contributed by atoms with Gasteiger partial charge in [-0.1, -0.05) is 27.7 Å². The molecule has 0 aliphatic heterocycles. The van der Waals surface area contributed by atoms with Crippen molar-refractivity contribution in [2.75, 3.05) is 18.2 Å². The molecule has 3 N–H and O–H groups in total. The third-order valence-corrected chi connectivity index (χ3v) is 3.02. The minimum atomic E-state index is -0.400. The Morgan fingerprint density at radius 3 is 2.45 bits per heavy atom. The lowest BCUT2D eigenvalue weighted by Gasteiger charge is -2.25. The van der Waals surface area contributed by atoms with Gasteiger partial charge in [-0.15, -0.1) is 12.4 Å². The van der Waals surface area contributed by atoms with Crippen LogP contribution in [0.25, 0.3) is 0 Å². The van der Waals surface area contributed by atoms with Gasteiger partial charge in [-0.2, -0.15) is 0 Å². The average molecular weight is 301 g/mol. The van der Waals surface area contributed by atoms with Gasteiger partial charge in [0, 0.05) is 11.1 Å². The number of carbonyl (C=O) groups is 1. The zero-order valence-corrected chi connectivity index (χ0v) is 13.6. The summed E-state index contributed by atoms with van der Waals surface area (Å²) in [7, 11) is 1.57. The number of methoxy groups -OCH3 is 1. The molecule has 0 atom stereocenters. The number of nitrogen functional groups attached to an aromatic ring is 1. The van der Waals surface area contributed by atoms with Gasteiger partial charge in [-0.25, -0.2) is 0 Å². The fourth-order valence-corrected chi connectivity index (χ4v) is 2.23. The van der Waals surface area contributed by atoms with E-state index in [0.717, 1.165) is 6.42 Å². The molecule has 114 valence electrons. The van der Waals surface area contributed by atoms with E-state index in [4.69, 9.17) is 10.5 Å². The van der Waals surface area contributed by atoms with Crippen LogP contribution >= 0.6 is 12.4 Å². The zero-order chi connectivity index (χ0) is 14.6. The molecule has 0 aliphatic rings. The Morgan fingerprint density at radius 2 is 2.00 bits per heavy atom. The van der Waals surface area contributed by atoms with Gasteiger partial charge in [0.1, 0.15) is 5.75 Å². The largest absolute Gasteiger partial charge is 0.495 e. The normalized spacial score (nSPS) is 10.9. The molecule has 0 saturated carbocycles. The Morgan fingerprint density at radius 1 is 1.40 bits per heavy atom. The summed E-state index contributed by atoms with van der Waals surface area (Å²) in [5.74, 6) is 1.09. The van der Waals surface area contributed by atoms with Crippen LogP contribution in [-0.2, 0) is 4.79 Å². The average Bonchev–Trinajstić information content (AvgIpc) is 2.27. The van der Waals surface area contributed by atoms with Crippen LogP contribution in [0.15, 0.2) is 18.2 Å². The molecule has 0 spiro atoms. The number of amides is 1. The molecule has 0 saturated heterocycles. The molecular weight excluding hydrogens is 276 g/mol. The lowest BCUT2D eigenvalue weighted by Crippen LogP contribution is -2.32. The molecule has 0 bridgehead atoms. The molecule has 1 aromatic carbocycles. The maximum atomic E-state index is 12.3. The van der Waals surface area contributed by atoms with Crippen LogP contribution in [0.2, 0.25) is 0 Å². The molecule has 1 aromatic rings. The Labute approximate surface area is 127 Å². The van der Waals surface area contributed by atoms with E-state index in [1.54, 1.807) is 25.3 Å². The fourth-order valence-electron chi connectivity index (χ4n) is 2.23. The van der Waals surface area contributed by atoms with E-state index in [9.17, 15) is 4.79 Å². The molecule has 0 heterocycles. The maximum Gasteiger partial charge on any atom is 0.230 e. The summed E-state index contributed by atoms with van der Waals surface area (Å²) in [5.41, 5.74) is 6.63. The van der Waals surface area contributed by atoms with Crippen molar-refractivity contribution in [1.29, 1.82) is 0 Å². The number of carbonyl (C=O) groups excluding carboxylic acids is 1. The second-order valence-corrected chi connectivity index (χ2v) is 5.89. The molecule has 0 fully saturated rings. The summed E-state index contributed by atoms with van der Waals surface area (Å²) in [6.45, 7) is 8.13. The molecule has 0 aliphatic carbocycles. The number of halogens is 1. The highest BCUT2D eigenvalue weighted by molar-refractivity contribution is 5.95. The van der Waals surface area contributed by atoms with Gasteiger partial charge >= 0.3 is 0 Å². The Hall–Kier alpha value is -1.42. The second-order valence-electron chi connectivity index (χ2n) is 5.89. The van der Waals surface area contributed by atoms with Crippen molar-refractivity contribution in [2.45, 2.75) is 34.1 Å². The SMILES string of the molecule is COc1ccc(NC(=O)C(C)(C)CC(C)C)cc1N.Cl. The smallest absolute Gasteiger partial charge is 0.230 e. The van der Waals surface area contributed by atoms with Crippen molar-refractivity contribution in [1.82, 2.24) is 0 Å². The number of rotatable bonds is 5. The summed E-state index contributed by atoms with van der Waals surface area (Å²) in [5, 5.41) is 2.91. The number of hydrogen-bond donors (Lipinski definition) is 2. The third kappa shape index (κ3) is 4.93. The standard InChI is InChI=1S/C15H24N2O2.ClH/c1-10(2)9-15(3,4)14(18)17-11-6-7-13(19-5)12(16)8-11;/h6-8,10H,9,16H2,1-5H3,(H,17,18);1H. The van der Waals surface area contributed by atoms with Crippen molar-refractivity contribution < 1.29 is 9.53 Å². The van der Waals surface area contributed by atoms with E-state index in [1.807, 2.05) is 13.8 Å². The van der Waals surface area contributed by atoms with Crippen LogP contribution in [0.5, 0.6) is 5.75 Å². The lowest BCUT2D eigenvalue weighted by molar-refractivity contribution is -0.124. The van der Waals surface area contributed by atoms with E-state index in [-0.39, 0.29) is 18.3 Å². The van der Waals surface area contributed by atoms with Crippen LogP contribution in [-0.4, -0.2) is 13.0 Å². The van der Waals surface area contributed by atoms with Gasteiger partial charge in [-0.05, 0) is 30.5 Å². The maximum absolute atomic E-state index is 12.3. The van der Waals surface area contributed by atoms with Gasteiger partial charge in [0.2, 0.25) is 5.91 Å². The molecule has 4 nitrogen and oxygen atoms in total. The van der Waals surface area contributed by atoms with Gasteiger partial charge in [0.25, 0.3) is 0 Å². The summed E-state index contributed by atoms with van der Waals surface area (Å²) in [6.07, 6.45) is 0.838. The fraction of sp³-hybridized carbons (Fsp3) is 0.533. The first-order chi connectivity index (χ1) is 8.76. The van der Waals surface area contributed by atoms with Crippen molar-refractivity contribution >= 4 is 29.7 Å². The Balaban J connectivity index is 0.00000361. The van der Waals surface area contributed by atoms with Crippen molar-refractivity contribution in [2.24, 2.45) is 11.3 Å². The Bertz CT molecular complexity index is 459. The summed E-state index contributed by atoms with van der Waals surface area (Å²) in [4.78, 5) is 12.3. The minimum Gasteiger partial charge on any atom is -0.495 e. The van der Waals surface area contributed by atoms with Crippen LogP contribution in [0, 0.1) is 11.3 Å². The van der Waals surface area contributed by atoms with E-state index in [1.165, 1.54) is 0 Å². The summed E-state index contributed by atoms with van der Waals surface area (Å²) in [6, 6.07) is 5.25. The number of nitrogens with two attached hydrogens (primary N) is 1. The van der Waals surface area contributed by atoms with E-state index in [0.29, 0.717) is 23.0 Å². The van der Waals surface area contributed by atoms with Crippen molar-refractivity contribution in [3.63, 3.8) is 0 Å². The molecule has 0 aromatic heterocycles. The summed E-state index contributed by atoms with van der Waals surface area (Å²) >= 11 is 0. The number of anilines is 2. The monoisotopic (exact) mass is 300 g/mol. The molecule has 0 radical (unpaired) electrons. The van der Waals surface area contributed by atoms with Crippen LogP contribution in [0.3, 0.4) is 0 Å². The molecule has 0 unspecified atom stereocenters. The Kier molecular flexibility index (Phi) is 6.86. The van der Waals surface area contributed by atoms with Crippen LogP contribution < -0.4 is 15.8 Å². The number of ether oxygens (including phenoxy) is 1. The molecule has 1 amide bonds. The second kappa shape index (κ2) is 7.39. The van der Waals surface area contributed by atoms with Gasteiger partial charge in [0.15, 0.2) is 0 Å². The number of hydrogen-bond acceptors (Lipinski definition) is 3. The predicted molar refractivity (Wildman–Crippen MR) is 86.5 cm³/mol. The van der Waals surface area contributed by atoms with Crippen LogP contribution in [0.4, 0.5) is 11.4 Å². The lowest BCUT2D eigenvalue weighted by atomic mass is 9.83. The third-order valence-electron chi connectivity index (χ3n) is 3.02. The molecule has 5 heteroatoms. The first-order valence-corrected chi connectivity index (χ1v) is 6.51. The number of nitrogens with one attached hydrogen (secondary N) is 1. The van der Waals surface area contributed by atoms with Crippen molar-refractivity contribution in [3.8, 4) is 5.75 Å². The predicted octanol–water partition coefficient (Wildman–Crippen LogP) is 3.71. The summed E-state index contributed by atoms with van der Waals surface area (Å²) < 4.78 is 5.09. The first-order valence-electron chi connectivity index (χ1n) is 6.51. The quantitative estimate of drug-likeness (QED) is 0.815. The first kappa shape index (κ1) is 18.6. The van der Waals surface area contributed by atoms with Gasteiger partial charge in [0.05, 0.1) is 12.8 Å². The van der Waals surface area contributed by atoms with E-state index < -0.39 is 5.41 Å². The highest BCUT2D eigenvalue weighted by atomic mass is 35.5. The molecule has 20 heavy (non-hydrogen) atoms. The van der Waals surface area contributed by atoms with E-state index in [2.05, 4.69) is 19.2 Å². The van der Waals surface area contributed by atoms with Gasteiger partial charge < -0.3 is 15.8 Å². The van der Waals surface area contributed by atoms with Crippen LogP contribution in [0.1, 0.15) is 34.1 Å². The highest BCUT2D eigenvalue weighted by Gasteiger charge is 2.28. The topological polar surface area (TPSA) is 64.3 Å². The number of benzene rings is 1. The molecular formula is C15H25ClN2O2. The highest BCUT2D eigenvalue weighted by Crippen LogP contribution is 2.29. The zero-order valence-electron chi connectivity index (χ0n) is 12.8.